The number of aryl methyl sites for hydroxylation is 3. The Morgan fingerprint density at radius 3 is 1.11 bits per heavy atom. The van der Waals surface area contributed by atoms with Crippen LogP contribution in [0.2, 0.25) is 0 Å². The number of hydrogen-bond acceptors (Lipinski definition) is 14. The molecule has 0 atom stereocenters. The molecule has 0 unspecified atom stereocenters. The Bertz CT molecular complexity index is 4850. The van der Waals surface area contributed by atoms with E-state index in [-0.39, 0.29) is 53.2 Å². The smallest absolute Gasteiger partial charge is 0.254 e. The topological polar surface area (TPSA) is 244 Å². The molecule has 3 fully saturated rings. The van der Waals surface area contributed by atoms with Crippen LogP contribution in [0.4, 0.5) is 13.2 Å². The number of imidazole rings is 3. The molecule has 3 saturated carbocycles. The predicted octanol–water partition coefficient (Wildman–Crippen LogP) is 10.9. The van der Waals surface area contributed by atoms with E-state index in [1.54, 1.807) is 121 Å². The molecule has 0 aliphatic heterocycles. The zero-order chi connectivity index (χ0) is 68.8. The fourth-order valence-corrected chi connectivity index (χ4v) is 11.8. The number of rotatable bonds is 19. The van der Waals surface area contributed by atoms with Crippen LogP contribution < -0.4 is 30.2 Å². The molecule has 23 nitrogen and oxygen atoms in total. The quantitative estimate of drug-likeness (QED) is 0.0551. The maximum absolute atomic E-state index is 14.6. The Balaban J connectivity index is 0.000000132. The Morgan fingerprint density at radius 1 is 0.490 bits per heavy atom. The summed E-state index contributed by atoms with van der Waals surface area (Å²) in [6.45, 7) is 5.97. The van der Waals surface area contributed by atoms with Gasteiger partial charge in [-0.3, -0.25) is 27.6 Å². The summed E-state index contributed by atoms with van der Waals surface area (Å²) in [6.07, 6.45) is 26.9. The lowest BCUT2D eigenvalue weighted by atomic mass is 9.99. The number of benzene rings is 3. The van der Waals surface area contributed by atoms with Crippen molar-refractivity contribution in [1.82, 2.24) is 78.3 Å². The Labute approximate surface area is 565 Å². The van der Waals surface area contributed by atoms with Gasteiger partial charge in [0.15, 0.2) is 17.5 Å². The van der Waals surface area contributed by atoms with Gasteiger partial charge in [-0.25, -0.2) is 42.2 Å². The molecule has 9 aromatic heterocycles. The number of nitrogens with one attached hydrogen (secondary N) is 3. The first kappa shape index (κ1) is 65.8. The van der Waals surface area contributed by atoms with E-state index in [0.29, 0.717) is 58.0 Å². The third-order valence-corrected chi connectivity index (χ3v) is 17.5. The lowest BCUT2D eigenvalue weighted by molar-refractivity contribution is 0.0938. The van der Waals surface area contributed by atoms with Gasteiger partial charge in [-0.05, 0) is 143 Å². The number of methoxy groups -OCH3 is 3. The van der Waals surface area contributed by atoms with Gasteiger partial charge in [0.05, 0.1) is 87.7 Å². The van der Waals surface area contributed by atoms with E-state index in [1.807, 2.05) is 73.7 Å². The molecule has 27 heteroatoms. The van der Waals surface area contributed by atoms with Gasteiger partial charge in [-0.1, -0.05) is 0 Å². The van der Waals surface area contributed by atoms with Gasteiger partial charge in [-0.2, -0.15) is 15.3 Å². The van der Waals surface area contributed by atoms with Crippen LogP contribution in [-0.4, -0.2) is 139 Å². The van der Waals surface area contributed by atoms with E-state index < -0.39 is 23.4 Å². The molecule has 15 rings (SSSR count). The second-order valence-corrected chi connectivity index (χ2v) is 25.1. The molecular weight excluding hydrogens is 1280 g/mol. The molecule has 0 radical (unpaired) electrons. The van der Waals surface area contributed by atoms with Crippen molar-refractivity contribution in [3.63, 3.8) is 0 Å². The van der Waals surface area contributed by atoms with Crippen LogP contribution in [0.3, 0.4) is 0 Å². The highest BCUT2D eigenvalue weighted by atomic mass is 35.5. The summed E-state index contributed by atoms with van der Waals surface area (Å²) in [4.78, 5) is 52.8. The van der Waals surface area contributed by atoms with E-state index in [0.717, 1.165) is 111 Å². The van der Waals surface area contributed by atoms with Gasteiger partial charge in [-0.15, -0.1) is 11.6 Å². The minimum atomic E-state index is -0.538. The number of alkyl halides is 1. The summed E-state index contributed by atoms with van der Waals surface area (Å²) in [7, 11) is 8.79. The number of carbonyl (C=O) groups is 3. The molecule has 12 aromatic rings. The molecule has 3 aromatic carbocycles. The van der Waals surface area contributed by atoms with Crippen molar-refractivity contribution < 1.29 is 46.9 Å². The largest absolute Gasteiger partial charge is 0.496 e. The maximum Gasteiger partial charge on any atom is 0.254 e. The van der Waals surface area contributed by atoms with E-state index in [9.17, 15) is 32.7 Å². The van der Waals surface area contributed by atoms with Gasteiger partial charge in [0.1, 0.15) is 51.6 Å². The number of aromatic nitrogens is 12. The number of aliphatic hydroxyl groups excluding tert-OH is 1. The molecule has 4 N–H and O–H groups in total. The van der Waals surface area contributed by atoms with Crippen LogP contribution in [-0.2, 0) is 19.0 Å². The summed E-state index contributed by atoms with van der Waals surface area (Å²) in [5.74, 6) is 1.69. The lowest BCUT2D eigenvalue weighted by Gasteiger charge is -2.14. The summed E-state index contributed by atoms with van der Waals surface area (Å²) in [5, 5.41) is 31.6. The second kappa shape index (κ2) is 27.4. The molecule has 0 spiro atoms. The van der Waals surface area contributed by atoms with Gasteiger partial charge < -0.3 is 40.2 Å². The van der Waals surface area contributed by atoms with Crippen LogP contribution in [0.25, 0.3) is 67.8 Å². The Hall–Kier alpha value is -10.8. The van der Waals surface area contributed by atoms with Gasteiger partial charge >= 0.3 is 0 Å². The predicted molar refractivity (Wildman–Crippen MR) is 361 cm³/mol. The van der Waals surface area contributed by atoms with Crippen molar-refractivity contribution in [3.05, 3.63) is 196 Å². The van der Waals surface area contributed by atoms with Gasteiger partial charge in [0, 0.05) is 113 Å². The van der Waals surface area contributed by atoms with Gasteiger partial charge in [0.25, 0.3) is 17.7 Å². The van der Waals surface area contributed by atoms with Crippen molar-refractivity contribution >= 4 is 46.3 Å². The first-order chi connectivity index (χ1) is 47.3. The van der Waals surface area contributed by atoms with Crippen molar-refractivity contribution in [2.75, 3.05) is 35.4 Å². The van der Waals surface area contributed by atoms with E-state index in [2.05, 4.69) is 51.1 Å². The SMILES string of the molecule is COc1cc2ncc(-n3cc(-c4cc(C(=O)NC5CC5)c(F)cc4C)cn3)n2cc1CCl.COc1cc2ncc(-n3cc(-c4cc(C(=O)NC5CC5)c(F)cc4C)cn3)n2cc1CN(C)C.COc1cc2ncc(-n3cc(-c4cc(C(=O)NC5CC5)c(F)cc4C)cn3)n2cc1CO. The minimum absolute atomic E-state index is 0.0275. The van der Waals surface area contributed by atoms with Crippen molar-refractivity contribution in [2.45, 2.75) is 96.5 Å². The molecule has 3 aliphatic carbocycles. The van der Waals surface area contributed by atoms with E-state index >= 15 is 0 Å². The summed E-state index contributed by atoms with van der Waals surface area (Å²) < 4.78 is 70.5. The van der Waals surface area contributed by atoms with Crippen LogP contribution in [0, 0.1) is 38.2 Å². The van der Waals surface area contributed by atoms with Crippen LogP contribution in [0.15, 0.2) is 129 Å². The third-order valence-electron chi connectivity index (χ3n) is 17.3. The average molecular weight is 1350 g/mol. The molecule has 3 aliphatic rings. The molecule has 0 bridgehead atoms. The van der Waals surface area contributed by atoms with E-state index in [4.69, 9.17) is 25.8 Å². The summed E-state index contributed by atoms with van der Waals surface area (Å²) >= 11 is 6.07. The molecule has 98 heavy (non-hydrogen) atoms. The highest BCUT2D eigenvalue weighted by Crippen LogP contribution is 2.34. The first-order valence-electron chi connectivity index (χ1n) is 31.7. The highest BCUT2D eigenvalue weighted by Gasteiger charge is 2.29. The Morgan fingerprint density at radius 2 is 0.806 bits per heavy atom. The average Bonchev–Trinajstić information content (AvgIpc) is 1.65. The first-order valence-corrected chi connectivity index (χ1v) is 32.3. The molecule has 504 valence electrons. The minimum Gasteiger partial charge on any atom is -0.496 e. The highest BCUT2D eigenvalue weighted by molar-refractivity contribution is 6.17. The monoisotopic (exact) mass is 1350 g/mol. The molecule has 9 heterocycles. The van der Waals surface area contributed by atoms with Crippen LogP contribution >= 0.6 is 11.6 Å². The summed E-state index contributed by atoms with van der Waals surface area (Å²) in [6, 6.07) is 14.9. The van der Waals surface area contributed by atoms with Crippen molar-refractivity contribution in [2.24, 2.45) is 0 Å². The number of halogens is 4. The number of ether oxygens (including phenoxy) is 3. The fourth-order valence-electron chi connectivity index (χ4n) is 11.6. The van der Waals surface area contributed by atoms with Crippen LogP contribution in [0.1, 0.15) is 103 Å². The normalized spacial score (nSPS) is 13.5. The van der Waals surface area contributed by atoms with Gasteiger partial charge in [0.2, 0.25) is 0 Å². The number of aliphatic hydroxyl groups is 1. The van der Waals surface area contributed by atoms with Crippen LogP contribution in [0.5, 0.6) is 17.2 Å². The number of nitrogens with zero attached hydrogens (tertiary/aromatic N) is 13. The number of fused-ring (bicyclic) bond motifs is 3. The maximum atomic E-state index is 14.6. The standard InChI is InChI=1S/C25H27FN6O2.C23H21ClFN5O2.C23H22FN5O3/c1-15-7-21(26)20(25(33)29-18-5-6-18)8-19(15)16-10-28-32(14-16)24-11-27-23-9-22(34-4)17(12-30(2)3)13-31(23)24;1-13-5-19(25)18(23(31)28-16-3-4-16)6-17(13)15-9-27-30(12-15)22-10-26-21-7-20(32-2)14(8-24)11-29(21)22;1-13-5-19(24)18(23(31)27-16-3-4-16)6-17(13)14-8-26-29(11-14)22-9-25-21-7-20(32-2)15(12-30)10-28(21)22/h7-11,13-14,18H,5-6,12H2,1-4H3,(H,29,33);5-7,9-12,16H,3-4,8H2,1-2H3,(H,28,31);5-11,16,30H,3-4,12H2,1-2H3,(H,27,31). The van der Waals surface area contributed by atoms with E-state index in [1.165, 1.54) is 18.2 Å². The third kappa shape index (κ3) is 13.7. The number of amides is 3. The zero-order valence-corrected chi connectivity index (χ0v) is 55.7. The fraction of sp³-hybridized carbons (Fsp3) is 0.282. The molecule has 3 amide bonds. The number of pyridine rings is 3. The number of hydrogen-bond donors (Lipinski definition) is 4. The van der Waals surface area contributed by atoms with Crippen molar-refractivity contribution in [1.29, 1.82) is 0 Å². The van der Waals surface area contributed by atoms with Crippen molar-refractivity contribution in [3.8, 4) is 68.1 Å². The lowest BCUT2D eigenvalue weighted by Crippen LogP contribution is -2.26. The summed E-state index contributed by atoms with van der Waals surface area (Å²) in [5.41, 5.74) is 11.4. The zero-order valence-electron chi connectivity index (χ0n) is 54.9. The molecule has 0 saturated heterocycles. The number of carbonyl (C=O) groups excluding carboxylic acids is 3. The Kier molecular flexibility index (Phi) is 18.4. The second-order valence-electron chi connectivity index (χ2n) is 24.9. The molecular formula is C71H70ClF3N16O7.